The van der Waals surface area contributed by atoms with E-state index < -0.39 is 6.10 Å². The number of ketones is 1. The summed E-state index contributed by atoms with van der Waals surface area (Å²) in [5.74, 6) is 0.512. The van der Waals surface area contributed by atoms with E-state index in [4.69, 9.17) is 9.47 Å². The first kappa shape index (κ1) is 18.1. The largest absolute Gasteiger partial charge is 0.497 e. The number of benzene rings is 1. The van der Waals surface area contributed by atoms with Gasteiger partial charge in [0.25, 0.3) is 0 Å². The first-order valence-corrected chi connectivity index (χ1v) is 7.17. The van der Waals surface area contributed by atoms with Gasteiger partial charge in [0.2, 0.25) is 5.91 Å². The lowest BCUT2D eigenvalue weighted by Crippen LogP contribution is -2.34. The molecule has 0 bridgehead atoms. The maximum absolute atomic E-state index is 11.9. The van der Waals surface area contributed by atoms with Gasteiger partial charge in [-0.05, 0) is 30.7 Å². The Hall–Kier alpha value is -1.92. The molecule has 0 saturated heterocycles. The molecule has 0 spiro atoms. The maximum Gasteiger partial charge on any atom is 0.220 e. The second-order valence-corrected chi connectivity index (χ2v) is 4.92. The van der Waals surface area contributed by atoms with Crippen LogP contribution >= 0.6 is 0 Å². The molecule has 122 valence electrons. The Bertz CT molecular complexity index is 472. The number of ether oxygens (including phenoxy) is 2. The van der Waals surface area contributed by atoms with Gasteiger partial charge in [-0.2, -0.15) is 0 Å². The number of hydrogen-bond acceptors (Lipinski definition) is 5. The van der Waals surface area contributed by atoms with Crippen LogP contribution in [0.1, 0.15) is 29.6 Å². The van der Waals surface area contributed by atoms with Gasteiger partial charge in [0.15, 0.2) is 5.78 Å². The first-order chi connectivity index (χ1) is 10.6. The zero-order valence-electron chi connectivity index (χ0n) is 13.0. The SMILES string of the molecule is COCC(O)CNC(=O)CCCC(=O)c1ccc(OC)cc1. The maximum atomic E-state index is 11.9. The van der Waals surface area contributed by atoms with Crippen molar-refractivity contribution in [2.24, 2.45) is 0 Å². The molecule has 6 nitrogen and oxygen atoms in total. The molecule has 1 aromatic rings. The van der Waals surface area contributed by atoms with Gasteiger partial charge in [-0.1, -0.05) is 0 Å². The molecule has 1 aromatic carbocycles. The van der Waals surface area contributed by atoms with Crippen molar-refractivity contribution in [2.45, 2.75) is 25.4 Å². The van der Waals surface area contributed by atoms with Crippen LogP contribution in [0.25, 0.3) is 0 Å². The number of aliphatic hydroxyl groups is 1. The van der Waals surface area contributed by atoms with Crippen LogP contribution < -0.4 is 10.1 Å². The zero-order chi connectivity index (χ0) is 16.4. The number of hydrogen-bond donors (Lipinski definition) is 2. The van der Waals surface area contributed by atoms with Crippen molar-refractivity contribution in [2.75, 3.05) is 27.4 Å². The van der Waals surface area contributed by atoms with E-state index in [1.54, 1.807) is 31.4 Å². The summed E-state index contributed by atoms with van der Waals surface area (Å²) in [6.45, 7) is 0.329. The van der Waals surface area contributed by atoms with Crippen molar-refractivity contribution in [1.82, 2.24) is 5.32 Å². The van der Waals surface area contributed by atoms with Crippen LogP contribution in [-0.2, 0) is 9.53 Å². The molecule has 0 aliphatic carbocycles. The van der Waals surface area contributed by atoms with Gasteiger partial charge in [0, 0.05) is 32.1 Å². The molecular weight excluding hydrogens is 286 g/mol. The minimum Gasteiger partial charge on any atom is -0.497 e. The van der Waals surface area contributed by atoms with Crippen molar-refractivity contribution in [3.63, 3.8) is 0 Å². The molecule has 0 heterocycles. The standard InChI is InChI=1S/C16H23NO5/c1-21-11-13(18)10-17-16(20)5-3-4-15(19)12-6-8-14(22-2)9-7-12/h6-9,13,18H,3-5,10-11H2,1-2H3,(H,17,20). The number of carbonyl (C=O) groups excluding carboxylic acids is 2. The monoisotopic (exact) mass is 309 g/mol. The Balaban J connectivity index is 2.25. The molecule has 0 aliphatic rings. The highest BCUT2D eigenvalue weighted by atomic mass is 16.5. The van der Waals surface area contributed by atoms with Gasteiger partial charge in [0.1, 0.15) is 5.75 Å². The van der Waals surface area contributed by atoms with Crippen molar-refractivity contribution < 1.29 is 24.2 Å². The second kappa shape index (κ2) is 9.92. The van der Waals surface area contributed by atoms with Crippen LogP contribution in [0.2, 0.25) is 0 Å². The normalized spacial score (nSPS) is 11.8. The average molecular weight is 309 g/mol. The van der Waals surface area contributed by atoms with E-state index in [2.05, 4.69) is 5.32 Å². The fraction of sp³-hybridized carbons (Fsp3) is 0.500. The Morgan fingerprint density at radius 3 is 2.45 bits per heavy atom. The Morgan fingerprint density at radius 2 is 1.86 bits per heavy atom. The fourth-order valence-corrected chi connectivity index (χ4v) is 1.90. The van der Waals surface area contributed by atoms with E-state index in [0.717, 1.165) is 0 Å². The van der Waals surface area contributed by atoms with Gasteiger partial charge >= 0.3 is 0 Å². The molecule has 1 amide bonds. The zero-order valence-corrected chi connectivity index (χ0v) is 13.0. The number of rotatable bonds is 10. The number of methoxy groups -OCH3 is 2. The summed E-state index contributed by atoms with van der Waals surface area (Å²) in [7, 11) is 3.05. The smallest absolute Gasteiger partial charge is 0.220 e. The Labute approximate surface area is 130 Å². The molecule has 0 aromatic heterocycles. The predicted molar refractivity (Wildman–Crippen MR) is 82.1 cm³/mol. The summed E-state index contributed by atoms with van der Waals surface area (Å²) < 4.78 is 9.79. The van der Waals surface area contributed by atoms with Crippen LogP contribution in [-0.4, -0.2) is 50.3 Å². The van der Waals surface area contributed by atoms with Crippen LogP contribution in [0.5, 0.6) is 5.75 Å². The van der Waals surface area contributed by atoms with Crippen molar-refractivity contribution in [3.8, 4) is 5.75 Å². The van der Waals surface area contributed by atoms with Gasteiger partial charge in [-0.15, -0.1) is 0 Å². The molecule has 0 saturated carbocycles. The number of amides is 1. The summed E-state index contributed by atoms with van der Waals surface area (Å²) in [4.78, 5) is 23.5. The summed E-state index contributed by atoms with van der Waals surface area (Å²) in [6.07, 6.45) is 0.314. The summed E-state index contributed by atoms with van der Waals surface area (Å²) in [5.41, 5.74) is 0.608. The molecular formula is C16H23NO5. The second-order valence-electron chi connectivity index (χ2n) is 4.92. The molecule has 1 unspecified atom stereocenters. The molecule has 0 fully saturated rings. The molecule has 22 heavy (non-hydrogen) atoms. The lowest BCUT2D eigenvalue weighted by Gasteiger charge is -2.10. The van der Waals surface area contributed by atoms with Crippen molar-refractivity contribution in [3.05, 3.63) is 29.8 Å². The van der Waals surface area contributed by atoms with E-state index in [1.165, 1.54) is 7.11 Å². The van der Waals surface area contributed by atoms with Crippen LogP contribution in [0, 0.1) is 0 Å². The molecule has 1 rings (SSSR count). The number of aliphatic hydroxyl groups excluding tert-OH is 1. The summed E-state index contributed by atoms with van der Waals surface area (Å²) in [5, 5.41) is 12.0. The van der Waals surface area contributed by atoms with Gasteiger partial charge < -0.3 is 19.9 Å². The van der Waals surface area contributed by atoms with Crippen LogP contribution in [0.3, 0.4) is 0 Å². The van der Waals surface area contributed by atoms with Crippen molar-refractivity contribution >= 4 is 11.7 Å². The topological polar surface area (TPSA) is 84.9 Å². The van der Waals surface area contributed by atoms with E-state index in [9.17, 15) is 14.7 Å². The number of nitrogens with one attached hydrogen (secondary N) is 1. The summed E-state index contributed by atoms with van der Waals surface area (Å²) >= 11 is 0. The third-order valence-corrected chi connectivity index (χ3v) is 3.11. The fourth-order valence-electron chi connectivity index (χ4n) is 1.90. The minimum absolute atomic E-state index is 0.00475. The van der Waals surface area contributed by atoms with E-state index >= 15 is 0 Å². The molecule has 2 N–H and O–H groups in total. The molecule has 1 atom stereocenters. The van der Waals surface area contributed by atoms with Crippen LogP contribution in [0.4, 0.5) is 0 Å². The molecule has 0 radical (unpaired) electrons. The highest BCUT2D eigenvalue weighted by molar-refractivity contribution is 5.96. The highest BCUT2D eigenvalue weighted by Gasteiger charge is 2.09. The van der Waals surface area contributed by atoms with Gasteiger partial charge in [-0.3, -0.25) is 9.59 Å². The van der Waals surface area contributed by atoms with Gasteiger partial charge in [0.05, 0.1) is 19.8 Å². The lowest BCUT2D eigenvalue weighted by atomic mass is 10.1. The quantitative estimate of drug-likeness (QED) is 0.634. The van der Waals surface area contributed by atoms with Gasteiger partial charge in [-0.25, -0.2) is 0 Å². The minimum atomic E-state index is -0.713. The third kappa shape index (κ3) is 6.69. The average Bonchev–Trinajstić information content (AvgIpc) is 2.53. The Kier molecular flexibility index (Phi) is 8.17. The van der Waals surface area contributed by atoms with Crippen LogP contribution in [0.15, 0.2) is 24.3 Å². The Morgan fingerprint density at radius 1 is 1.18 bits per heavy atom. The van der Waals surface area contributed by atoms with Crippen molar-refractivity contribution in [1.29, 1.82) is 0 Å². The molecule has 0 aliphatic heterocycles. The first-order valence-electron chi connectivity index (χ1n) is 7.17. The molecule has 6 heteroatoms. The van der Waals surface area contributed by atoms with E-state index in [0.29, 0.717) is 24.2 Å². The highest BCUT2D eigenvalue weighted by Crippen LogP contribution is 2.13. The van der Waals surface area contributed by atoms with E-state index in [1.807, 2.05) is 0 Å². The predicted octanol–water partition coefficient (Wildman–Crippen LogP) is 1.17. The number of Topliss-reactive ketones (excluding diaryl/α,β-unsaturated/α-hetero) is 1. The number of carbonyl (C=O) groups is 2. The lowest BCUT2D eigenvalue weighted by molar-refractivity contribution is -0.121. The summed E-state index contributed by atoms with van der Waals surface area (Å²) in [6, 6.07) is 6.89. The van der Waals surface area contributed by atoms with E-state index in [-0.39, 0.29) is 31.3 Å². The third-order valence-electron chi connectivity index (χ3n) is 3.11.